The zero-order valence-electron chi connectivity index (χ0n) is 13.2. The second-order valence-corrected chi connectivity index (χ2v) is 6.04. The summed E-state index contributed by atoms with van der Waals surface area (Å²) in [5.74, 6) is 1.01. The summed E-state index contributed by atoms with van der Waals surface area (Å²) < 4.78 is 5.76. The van der Waals surface area contributed by atoms with E-state index in [-0.39, 0.29) is 6.10 Å². The van der Waals surface area contributed by atoms with Gasteiger partial charge in [-0.15, -0.1) is 0 Å². The molecule has 2 atom stereocenters. The van der Waals surface area contributed by atoms with Crippen LogP contribution in [0.2, 0.25) is 5.02 Å². The number of pyridine rings is 1. The van der Waals surface area contributed by atoms with Gasteiger partial charge in [0.05, 0.1) is 29.5 Å². The lowest BCUT2D eigenvalue weighted by Gasteiger charge is -2.39. The van der Waals surface area contributed by atoms with Crippen LogP contribution in [-0.4, -0.2) is 36.8 Å². The van der Waals surface area contributed by atoms with E-state index in [1.807, 2.05) is 12.1 Å². The van der Waals surface area contributed by atoms with E-state index < -0.39 is 0 Å². The molecule has 1 aliphatic heterocycles. The summed E-state index contributed by atoms with van der Waals surface area (Å²) in [4.78, 5) is 7.13. The van der Waals surface area contributed by atoms with Gasteiger partial charge in [0.15, 0.2) is 0 Å². The molecule has 1 aromatic heterocycles. The molecule has 1 fully saturated rings. The number of rotatable bonds is 6. The molecule has 2 rings (SSSR count). The molecular weight excluding hydrogens is 286 g/mol. The van der Waals surface area contributed by atoms with Crippen LogP contribution in [0, 0.1) is 0 Å². The number of nitrogens with one attached hydrogen (secondary N) is 1. The summed E-state index contributed by atoms with van der Waals surface area (Å²) in [7, 11) is 0. The first-order chi connectivity index (χ1) is 10.2. The average molecular weight is 312 g/mol. The summed E-state index contributed by atoms with van der Waals surface area (Å²) in [6, 6.07) is 4.37. The minimum absolute atomic E-state index is 0.243. The summed E-state index contributed by atoms with van der Waals surface area (Å²) in [5, 5.41) is 4.10. The molecule has 5 heteroatoms. The van der Waals surface area contributed by atoms with Crippen LogP contribution < -0.4 is 10.2 Å². The lowest BCUT2D eigenvalue weighted by atomic mass is 10.1. The smallest absolute Gasteiger partial charge is 0.129 e. The first kappa shape index (κ1) is 16.5. The van der Waals surface area contributed by atoms with Crippen molar-refractivity contribution in [1.29, 1.82) is 0 Å². The van der Waals surface area contributed by atoms with Crippen molar-refractivity contribution in [3.05, 3.63) is 22.8 Å². The number of anilines is 1. The third-order valence-corrected chi connectivity index (χ3v) is 4.20. The number of hydrogen-bond acceptors (Lipinski definition) is 4. The molecule has 0 bridgehead atoms. The van der Waals surface area contributed by atoms with E-state index in [1.165, 1.54) is 0 Å². The summed E-state index contributed by atoms with van der Waals surface area (Å²) in [6.07, 6.45) is 2.41. The number of hydrogen-bond donors (Lipinski definition) is 1. The van der Waals surface area contributed by atoms with Crippen molar-refractivity contribution in [2.75, 3.05) is 24.6 Å². The first-order valence-electron chi connectivity index (χ1n) is 7.90. The summed E-state index contributed by atoms with van der Waals surface area (Å²) >= 11 is 6.27. The molecule has 4 nitrogen and oxygen atoms in total. The molecule has 21 heavy (non-hydrogen) atoms. The number of morpholine rings is 1. The van der Waals surface area contributed by atoms with Crippen molar-refractivity contribution in [2.45, 2.75) is 52.3 Å². The minimum atomic E-state index is 0.243. The fraction of sp³-hybridized carbons (Fsp3) is 0.688. The van der Waals surface area contributed by atoms with Crippen molar-refractivity contribution >= 4 is 17.4 Å². The molecule has 2 unspecified atom stereocenters. The Kier molecular flexibility index (Phi) is 6.27. The molecule has 0 radical (unpaired) electrons. The van der Waals surface area contributed by atoms with Crippen LogP contribution in [0.25, 0.3) is 0 Å². The van der Waals surface area contributed by atoms with Crippen LogP contribution in [0.15, 0.2) is 12.1 Å². The average Bonchev–Trinajstić information content (AvgIpc) is 2.49. The Balaban J connectivity index is 2.15. The maximum Gasteiger partial charge on any atom is 0.129 e. The predicted molar refractivity (Wildman–Crippen MR) is 88.1 cm³/mol. The Morgan fingerprint density at radius 2 is 2.24 bits per heavy atom. The fourth-order valence-corrected chi connectivity index (χ4v) is 2.78. The zero-order chi connectivity index (χ0) is 15.2. The van der Waals surface area contributed by atoms with Gasteiger partial charge in [-0.05, 0) is 38.4 Å². The Morgan fingerprint density at radius 3 is 2.95 bits per heavy atom. The summed E-state index contributed by atoms with van der Waals surface area (Å²) in [5.41, 5.74) is 0.927. The number of nitrogens with zero attached hydrogens (tertiary/aromatic N) is 2. The van der Waals surface area contributed by atoms with Crippen LogP contribution in [0.4, 0.5) is 5.82 Å². The molecule has 0 aliphatic carbocycles. The standard InChI is InChI=1S/C16H26ClN3O/c1-4-8-18-9-15-14(17)6-7-16(19-15)20-10-12(3)21-11-13(20)5-2/h6-7,12-13,18H,4-5,8-11H2,1-3H3. The highest BCUT2D eigenvalue weighted by Crippen LogP contribution is 2.24. The second kappa shape index (κ2) is 7.97. The van der Waals surface area contributed by atoms with Crippen molar-refractivity contribution < 1.29 is 4.74 Å². The molecule has 118 valence electrons. The van der Waals surface area contributed by atoms with Gasteiger partial charge in [0.2, 0.25) is 0 Å². The van der Waals surface area contributed by atoms with E-state index in [9.17, 15) is 0 Å². The third-order valence-electron chi connectivity index (χ3n) is 3.86. The van der Waals surface area contributed by atoms with Crippen molar-refractivity contribution in [3.8, 4) is 0 Å². The van der Waals surface area contributed by atoms with Crippen LogP contribution in [0.5, 0.6) is 0 Å². The lowest BCUT2D eigenvalue weighted by molar-refractivity contribution is 0.0296. The molecule has 1 saturated heterocycles. The molecule has 0 saturated carbocycles. The SMILES string of the molecule is CCCNCc1nc(N2CC(C)OCC2CC)ccc1Cl. The first-order valence-corrected chi connectivity index (χ1v) is 8.27. The van der Waals surface area contributed by atoms with E-state index in [1.54, 1.807) is 0 Å². The molecule has 1 aliphatic rings. The van der Waals surface area contributed by atoms with E-state index in [2.05, 4.69) is 31.0 Å². The molecule has 0 amide bonds. The monoisotopic (exact) mass is 311 g/mol. The number of ether oxygens (including phenoxy) is 1. The molecule has 1 N–H and O–H groups in total. The van der Waals surface area contributed by atoms with Gasteiger partial charge >= 0.3 is 0 Å². The second-order valence-electron chi connectivity index (χ2n) is 5.63. The maximum atomic E-state index is 6.27. The fourth-order valence-electron chi connectivity index (χ4n) is 2.60. The number of aromatic nitrogens is 1. The third kappa shape index (κ3) is 4.31. The Labute approximate surface area is 132 Å². The van der Waals surface area contributed by atoms with Gasteiger partial charge in [-0.3, -0.25) is 0 Å². The normalized spacial score (nSPS) is 22.6. The molecule has 2 heterocycles. The van der Waals surface area contributed by atoms with Gasteiger partial charge in [0, 0.05) is 13.1 Å². The topological polar surface area (TPSA) is 37.4 Å². The highest BCUT2D eigenvalue weighted by molar-refractivity contribution is 6.31. The lowest BCUT2D eigenvalue weighted by Crippen LogP contribution is -2.49. The van der Waals surface area contributed by atoms with Gasteiger partial charge < -0.3 is 15.0 Å². The van der Waals surface area contributed by atoms with Crippen LogP contribution >= 0.6 is 11.6 Å². The van der Waals surface area contributed by atoms with Crippen molar-refractivity contribution in [1.82, 2.24) is 10.3 Å². The van der Waals surface area contributed by atoms with Crippen molar-refractivity contribution in [3.63, 3.8) is 0 Å². The van der Waals surface area contributed by atoms with E-state index in [4.69, 9.17) is 21.3 Å². The Bertz CT molecular complexity index is 455. The highest BCUT2D eigenvalue weighted by Gasteiger charge is 2.26. The molecule has 0 spiro atoms. The van der Waals surface area contributed by atoms with Crippen LogP contribution in [0.3, 0.4) is 0 Å². The van der Waals surface area contributed by atoms with E-state index in [0.29, 0.717) is 6.04 Å². The van der Waals surface area contributed by atoms with Gasteiger partial charge in [0.25, 0.3) is 0 Å². The maximum absolute atomic E-state index is 6.27. The summed E-state index contributed by atoms with van der Waals surface area (Å²) in [6.45, 7) is 9.81. The Hall–Kier alpha value is -0.840. The molecule has 1 aromatic rings. The van der Waals surface area contributed by atoms with Crippen molar-refractivity contribution in [2.24, 2.45) is 0 Å². The predicted octanol–water partition coefficient (Wildman–Crippen LogP) is 3.24. The molecular formula is C16H26ClN3O. The zero-order valence-corrected chi connectivity index (χ0v) is 14.0. The van der Waals surface area contributed by atoms with E-state index in [0.717, 1.165) is 55.6 Å². The van der Waals surface area contributed by atoms with Crippen LogP contribution in [0.1, 0.15) is 39.3 Å². The Morgan fingerprint density at radius 1 is 1.43 bits per heavy atom. The largest absolute Gasteiger partial charge is 0.375 e. The van der Waals surface area contributed by atoms with Gasteiger partial charge in [0.1, 0.15) is 5.82 Å². The highest BCUT2D eigenvalue weighted by atomic mass is 35.5. The minimum Gasteiger partial charge on any atom is -0.375 e. The molecule has 0 aromatic carbocycles. The number of halogens is 1. The van der Waals surface area contributed by atoms with Crippen LogP contribution in [-0.2, 0) is 11.3 Å². The van der Waals surface area contributed by atoms with Gasteiger partial charge in [-0.1, -0.05) is 25.4 Å². The quantitative estimate of drug-likeness (QED) is 0.818. The van der Waals surface area contributed by atoms with E-state index >= 15 is 0 Å². The van der Waals surface area contributed by atoms with Gasteiger partial charge in [-0.25, -0.2) is 4.98 Å². The van der Waals surface area contributed by atoms with Gasteiger partial charge in [-0.2, -0.15) is 0 Å².